The first-order valence-electron chi connectivity index (χ1n) is 7.15. The number of ether oxygens (including phenoxy) is 2. The molecular weight excluding hydrogens is 274 g/mol. The lowest BCUT2D eigenvalue weighted by molar-refractivity contribution is 0.0685. The molecule has 0 radical (unpaired) electrons. The maximum absolute atomic E-state index is 5.42. The Morgan fingerprint density at radius 3 is 2.85 bits per heavy atom. The fourth-order valence-electron chi connectivity index (χ4n) is 2.48. The molecular formula is C14H25N3O2S. The normalized spacial score (nSPS) is 16.6. The van der Waals surface area contributed by atoms with Crippen LogP contribution in [0.2, 0.25) is 0 Å². The van der Waals surface area contributed by atoms with E-state index in [1.54, 1.807) is 18.4 Å². The van der Waals surface area contributed by atoms with Crippen molar-refractivity contribution in [3.63, 3.8) is 0 Å². The molecule has 0 saturated carbocycles. The highest BCUT2D eigenvalue weighted by Crippen LogP contribution is 2.28. The molecule has 2 rings (SSSR count). The van der Waals surface area contributed by atoms with Crippen molar-refractivity contribution in [1.29, 1.82) is 0 Å². The van der Waals surface area contributed by atoms with E-state index in [1.807, 2.05) is 7.05 Å². The number of aromatic nitrogens is 1. The lowest BCUT2D eigenvalue weighted by Gasteiger charge is -2.26. The van der Waals surface area contributed by atoms with Gasteiger partial charge in [0.05, 0.1) is 12.3 Å². The van der Waals surface area contributed by atoms with Crippen LogP contribution in [0.1, 0.15) is 23.4 Å². The van der Waals surface area contributed by atoms with Crippen molar-refractivity contribution in [2.45, 2.75) is 26.0 Å². The van der Waals surface area contributed by atoms with Gasteiger partial charge in [0.25, 0.3) is 0 Å². The highest BCUT2D eigenvalue weighted by atomic mass is 32.1. The lowest BCUT2D eigenvalue weighted by atomic mass is 10.0. The molecule has 2 heterocycles. The van der Waals surface area contributed by atoms with E-state index >= 15 is 0 Å². The van der Waals surface area contributed by atoms with Crippen molar-refractivity contribution >= 4 is 16.5 Å². The lowest BCUT2D eigenvalue weighted by Crippen LogP contribution is -2.29. The molecule has 114 valence electrons. The Morgan fingerprint density at radius 1 is 1.45 bits per heavy atom. The van der Waals surface area contributed by atoms with Crippen LogP contribution in [0.25, 0.3) is 0 Å². The zero-order valence-corrected chi connectivity index (χ0v) is 13.5. The fourth-order valence-corrected chi connectivity index (χ4v) is 3.52. The van der Waals surface area contributed by atoms with Gasteiger partial charge in [0, 0.05) is 45.3 Å². The number of thiazole rings is 1. The van der Waals surface area contributed by atoms with Gasteiger partial charge in [0.2, 0.25) is 0 Å². The van der Waals surface area contributed by atoms with Crippen LogP contribution in [0.4, 0.5) is 5.13 Å². The summed E-state index contributed by atoms with van der Waals surface area (Å²) in [6, 6.07) is 0. The first-order chi connectivity index (χ1) is 9.74. The van der Waals surface area contributed by atoms with E-state index in [0.717, 1.165) is 55.9 Å². The third-order valence-corrected chi connectivity index (χ3v) is 4.80. The molecule has 1 saturated heterocycles. The second-order valence-electron chi connectivity index (χ2n) is 5.27. The molecule has 6 heteroatoms. The van der Waals surface area contributed by atoms with Crippen molar-refractivity contribution in [2.24, 2.45) is 5.92 Å². The van der Waals surface area contributed by atoms with Gasteiger partial charge < -0.3 is 19.7 Å². The quantitative estimate of drug-likeness (QED) is 0.833. The molecule has 0 unspecified atom stereocenters. The summed E-state index contributed by atoms with van der Waals surface area (Å²) in [6.07, 6.45) is 2.31. The van der Waals surface area contributed by atoms with Crippen LogP contribution in [-0.2, 0) is 22.6 Å². The van der Waals surface area contributed by atoms with Crippen molar-refractivity contribution in [2.75, 3.05) is 45.9 Å². The van der Waals surface area contributed by atoms with E-state index in [0.29, 0.717) is 6.61 Å². The maximum Gasteiger partial charge on any atom is 0.185 e. The average molecular weight is 299 g/mol. The number of nitrogens with zero attached hydrogens (tertiary/aromatic N) is 2. The average Bonchev–Trinajstić information content (AvgIpc) is 2.84. The summed E-state index contributed by atoms with van der Waals surface area (Å²) in [5, 5.41) is 4.29. The maximum atomic E-state index is 5.42. The number of rotatable bonds is 7. The van der Waals surface area contributed by atoms with Crippen LogP contribution >= 0.6 is 11.3 Å². The van der Waals surface area contributed by atoms with E-state index < -0.39 is 0 Å². The summed E-state index contributed by atoms with van der Waals surface area (Å²) in [6.45, 7) is 4.29. The summed E-state index contributed by atoms with van der Waals surface area (Å²) >= 11 is 1.76. The Kier molecular flexibility index (Phi) is 6.22. The molecule has 1 aromatic heterocycles. The Labute approximate surface area is 125 Å². The Morgan fingerprint density at radius 2 is 2.20 bits per heavy atom. The molecule has 0 bridgehead atoms. The molecule has 0 aromatic carbocycles. The summed E-state index contributed by atoms with van der Waals surface area (Å²) in [5.41, 5.74) is 1.06. The molecule has 0 atom stereocenters. The van der Waals surface area contributed by atoms with E-state index in [1.165, 1.54) is 4.88 Å². The number of nitrogens with one attached hydrogen (secondary N) is 1. The second kappa shape index (κ2) is 7.93. The topological polar surface area (TPSA) is 46.6 Å². The van der Waals surface area contributed by atoms with Gasteiger partial charge in [0.1, 0.15) is 0 Å². The molecule has 1 aliphatic heterocycles. The van der Waals surface area contributed by atoms with E-state index in [4.69, 9.17) is 14.5 Å². The van der Waals surface area contributed by atoms with Gasteiger partial charge in [-0.1, -0.05) is 0 Å². The number of methoxy groups -OCH3 is 1. The molecule has 0 aliphatic carbocycles. The minimum atomic E-state index is 0.582. The molecule has 0 amide bonds. The van der Waals surface area contributed by atoms with E-state index in [2.05, 4.69) is 17.3 Å². The molecule has 1 fully saturated rings. The smallest absolute Gasteiger partial charge is 0.185 e. The predicted octanol–water partition coefficient (Wildman–Crippen LogP) is 1.87. The van der Waals surface area contributed by atoms with Crippen LogP contribution in [0.15, 0.2) is 0 Å². The van der Waals surface area contributed by atoms with Gasteiger partial charge in [-0.05, 0) is 25.8 Å². The van der Waals surface area contributed by atoms with Gasteiger partial charge in [-0.3, -0.25) is 0 Å². The SMILES string of the molecule is CNCc1sc(N(C)CC2CCOCC2)nc1COC. The molecule has 1 aliphatic rings. The van der Waals surface area contributed by atoms with Crippen LogP contribution in [0, 0.1) is 5.92 Å². The second-order valence-corrected chi connectivity index (χ2v) is 6.33. The van der Waals surface area contributed by atoms with E-state index in [-0.39, 0.29) is 0 Å². The summed E-state index contributed by atoms with van der Waals surface area (Å²) < 4.78 is 10.7. The minimum absolute atomic E-state index is 0.582. The number of hydrogen-bond acceptors (Lipinski definition) is 6. The van der Waals surface area contributed by atoms with Crippen LogP contribution in [0.3, 0.4) is 0 Å². The van der Waals surface area contributed by atoms with Gasteiger partial charge >= 0.3 is 0 Å². The first kappa shape index (κ1) is 15.7. The Hall–Kier alpha value is -0.690. The fraction of sp³-hybridized carbons (Fsp3) is 0.786. The summed E-state index contributed by atoms with van der Waals surface area (Å²) in [4.78, 5) is 8.28. The molecule has 0 spiro atoms. The molecule has 5 nitrogen and oxygen atoms in total. The third kappa shape index (κ3) is 4.15. The van der Waals surface area contributed by atoms with Crippen molar-refractivity contribution in [1.82, 2.24) is 10.3 Å². The first-order valence-corrected chi connectivity index (χ1v) is 7.97. The predicted molar refractivity (Wildman–Crippen MR) is 82.4 cm³/mol. The zero-order chi connectivity index (χ0) is 14.4. The Bertz CT molecular complexity index is 382. The van der Waals surface area contributed by atoms with Crippen LogP contribution in [0.5, 0.6) is 0 Å². The number of hydrogen-bond donors (Lipinski definition) is 1. The van der Waals surface area contributed by atoms with Crippen molar-refractivity contribution in [3.05, 3.63) is 10.6 Å². The van der Waals surface area contributed by atoms with Gasteiger partial charge in [-0.25, -0.2) is 4.98 Å². The molecule has 20 heavy (non-hydrogen) atoms. The van der Waals surface area contributed by atoms with Crippen molar-refractivity contribution < 1.29 is 9.47 Å². The molecule has 1 aromatic rings. The highest BCUT2D eigenvalue weighted by Gasteiger charge is 2.19. The summed E-state index contributed by atoms with van der Waals surface area (Å²) in [7, 11) is 5.81. The minimum Gasteiger partial charge on any atom is -0.381 e. The third-order valence-electron chi connectivity index (χ3n) is 3.58. The monoisotopic (exact) mass is 299 g/mol. The highest BCUT2D eigenvalue weighted by molar-refractivity contribution is 7.15. The molecule has 1 N–H and O–H groups in total. The van der Waals surface area contributed by atoms with Crippen molar-refractivity contribution in [3.8, 4) is 0 Å². The standard InChI is InChI=1S/C14H25N3O2S/c1-15-8-13-12(10-18-3)16-14(20-13)17(2)9-11-4-6-19-7-5-11/h11,15H,4-10H2,1-3H3. The summed E-state index contributed by atoms with van der Waals surface area (Å²) in [5.74, 6) is 0.719. The Balaban J connectivity index is 2.00. The number of anilines is 1. The van der Waals surface area contributed by atoms with E-state index in [9.17, 15) is 0 Å². The van der Waals surface area contributed by atoms with Gasteiger partial charge in [0.15, 0.2) is 5.13 Å². The van der Waals surface area contributed by atoms with Gasteiger partial charge in [-0.15, -0.1) is 11.3 Å². The zero-order valence-electron chi connectivity index (χ0n) is 12.6. The van der Waals surface area contributed by atoms with Crippen LogP contribution < -0.4 is 10.2 Å². The largest absolute Gasteiger partial charge is 0.381 e. The van der Waals surface area contributed by atoms with Gasteiger partial charge in [-0.2, -0.15) is 0 Å². The van der Waals surface area contributed by atoms with Crippen LogP contribution in [-0.4, -0.2) is 45.9 Å².